The summed E-state index contributed by atoms with van der Waals surface area (Å²) in [7, 11) is 0. The molecule has 13 rings (SSSR count). The van der Waals surface area contributed by atoms with E-state index in [1.54, 1.807) is 0 Å². The van der Waals surface area contributed by atoms with Gasteiger partial charge in [-0.1, -0.05) is 237 Å². The van der Waals surface area contributed by atoms with Crippen LogP contribution in [0, 0.1) is 0 Å². The molecule has 11 aromatic carbocycles. The summed E-state index contributed by atoms with van der Waals surface area (Å²) in [6, 6.07) is 90.7. The summed E-state index contributed by atoms with van der Waals surface area (Å²) < 4.78 is 0. The molecule has 0 N–H and O–H groups in total. The van der Waals surface area contributed by atoms with E-state index in [-0.39, 0.29) is 0 Å². The first-order valence-corrected chi connectivity index (χ1v) is 25.7. The Balaban J connectivity index is 1.09. The van der Waals surface area contributed by atoms with Gasteiger partial charge in [-0.25, -0.2) is 0 Å². The van der Waals surface area contributed by atoms with E-state index in [1.807, 2.05) is 0 Å². The Morgan fingerprint density at radius 1 is 0.342 bits per heavy atom. The van der Waals surface area contributed by atoms with Crippen LogP contribution in [0.1, 0.15) is 40.7 Å². The number of anilines is 3. The number of hydrogen-bond acceptors (Lipinski definition) is 1. The highest BCUT2D eigenvalue weighted by Gasteiger charge is 2.25. The van der Waals surface area contributed by atoms with Crippen LogP contribution in [0.25, 0.3) is 77.7 Å². The van der Waals surface area contributed by atoms with Crippen LogP contribution < -0.4 is 15.3 Å². The van der Waals surface area contributed by atoms with Crippen LogP contribution in [-0.2, 0) is 12.8 Å². The Hall–Kier alpha value is -9.04. The lowest BCUT2D eigenvalue weighted by molar-refractivity contribution is 1.14. The summed E-state index contributed by atoms with van der Waals surface area (Å²) in [5, 5.41) is 7.60. The molecule has 0 aromatic heterocycles. The van der Waals surface area contributed by atoms with Crippen molar-refractivity contribution in [3.63, 3.8) is 0 Å². The van der Waals surface area contributed by atoms with E-state index in [0.29, 0.717) is 0 Å². The SMILES string of the molecule is C1=C\C/C=c2/cccc/c2=C(\c2ccc3c(c2)Cc2ccccc2N(c2cc(-c4ccccc4)cc(-c4ccccc4)c2)c2ccccc2Cc2cc(-c4c5ccccc5cc5ccccc45)ccc2-3)C\C=C/1. The molecular weight excluding hydrogens is 879 g/mol. The van der Waals surface area contributed by atoms with Gasteiger partial charge in [-0.3, -0.25) is 0 Å². The second-order valence-corrected chi connectivity index (χ2v) is 19.5. The molecule has 1 aliphatic carbocycles. The van der Waals surface area contributed by atoms with Crippen LogP contribution in [0.4, 0.5) is 17.1 Å². The van der Waals surface area contributed by atoms with Crippen LogP contribution >= 0.6 is 0 Å². The maximum Gasteiger partial charge on any atom is 0.0497 e. The smallest absolute Gasteiger partial charge is 0.0497 e. The van der Waals surface area contributed by atoms with Gasteiger partial charge in [0.15, 0.2) is 0 Å². The topological polar surface area (TPSA) is 3.24 Å². The number of allylic oxidation sites excluding steroid dienone is 4. The zero-order valence-corrected chi connectivity index (χ0v) is 40.8. The van der Waals surface area contributed by atoms with Crippen molar-refractivity contribution in [1.82, 2.24) is 0 Å². The first-order valence-electron chi connectivity index (χ1n) is 25.7. The quantitative estimate of drug-likeness (QED) is 0.155. The van der Waals surface area contributed by atoms with Crippen LogP contribution in [0.15, 0.2) is 267 Å². The van der Waals surface area contributed by atoms with Gasteiger partial charge in [0.25, 0.3) is 0 Å². The minimum atomic E-state index is 0.727. The van der Waals surface area contributed by atoms with Crippen molar-refractivity contribution in [2.75, 3.05) is 4.90 Å². The third kappa shape index (κ3) is 8.49. The average molecular weight is 932 g/mol. The molecule has 1 aliphatic heterocycles. The molecule has 0 bridgehead atoms. The van der Waals surface area contributed by atoms with Gasteiger partial charge >= 0.3 is 0 Å². The lowest BCUT2D eigenvalue weighted by atomic mass is 9.85. The monoisotopic (exact) mass is 931 g/mol. The van der Waals surface area contributed by atoms with Crippen LogP contribution in [0.5, 0.6) is 0 Å². The molecule has 0 spiro atoms. The number of para-hydroxylation sites is 2. The minimum absolute atomic E-state index is 0.727. The molecule has 1 nitrogen and oxygen atoms in total. The molecule has 73 heavy (non-hydrogen) atoms. The fourth-order valence-electron chi connectivity index (χ4n) is 11.5. The van der Waals surface area contributed by atoms with E-state index in [2.05, 4.69) is 278 Å². The van der Waals surface area contributed by atoms with Gasteiger partial charge in [0.2, 0.25) is 0 Å². The Kier molecular flexibility index (Phi) is 11.6. The van der Waals surface area contributed by atoms with Gasteiger partial charge in [0, 0.05) is 29.9 Å². The average Bonchev–Trinajstić information content (AvgIpc) is 3.46. The second-order valence-electron chi connectivity index (χ2n) is 19.5. The summed E-state index contributed by atoms with van der Waals surface area (Å²) in [4.78, 5) is 2.56. The molecule has 0 amide bonds. The zero-order valence-electron chi connectivity index (χ0n) is 40.8. The van der Waals surface area contributed by atoms with Gasteiger partial charge in [-0.05, 0) is 159 Å². The van der Waals surface area contributed by atoms with E-state index >= 15 is 0 Å². The summed E-state index contributed by atoms with van der Waals surface area (Å²) in [6.07, 6.45) is 14.5. The van der Waals surface area contributed by atoms with E-state index in [0.717, 1.165) is 31.4 Å². The number of benzene rings is 11. The highest BCUT2D eigenvalue weighted by atomic mass is 15.1. The van der Waals surface area contributed by atoms with Gasteiger partial charge < -0.3 is 4.90 Å². The molecule has 0 unspecified atom stereocenters. The largest absolute Gasteiger partial charge is 0.310 e. The van der Waals surface area contributed by atoms with E-state index in [1.165, 1.54) is 121 Å². The number of hydrogen-bond donors (Lipinski definition) is 0. The van der Waals surface area contributed by atoms with Gasteiger partial charge in [0.1, 0.15) is 0 Å². The summed E-state index contributed by atoms with van der Waals surface area (Å²) in [5.41, 5.74) is 21.0. The summed E-state index contributed by atoms with van der Waals surface area (Å²) >= 11 is 0. The van der Waals surface area contributed by atoms with Crippen molar-refractivity contribution in [1.29, 1.82) is 0 Å². The maximum atomic E-state index is 2.56. The predicted octanol–water partition coefficient (Wildman–Crippen LogP) is 17.5. The molecule has 346 valence electrons. The number of nitrogens with zero attached hydrogens (tertiary/aromatic N) is 1. The zero-order chi connectivity index (χ0) is 48.5. The first kappa shape index (κ1) is 43.9. The highest BCUT2D eigenvalue weighted by Crippen LogP contribution is 2.46. The van der Waals surface area contributed by atoms with Gasteiger partial charge in [-0.2, -0.15) is 0 Å². The molecule has 0 radical (unpaired) electrons. The van der Waals surface area contributed by atoms with Crippen molar-refractivity contribution < 1.29 is 0 Å². The van der Waals surface area contributed by atoms with Crippen LogP contribution in [0.2, 0.25) is 0 Å². The standard InChI is InChI=1S/C72H53N/c1-2-6-26-52-27-12-17-33-64(52)65(32-11-3-1)55-38-40-66-61(43-55)44-56-30-15-20-36-70(56)73(63-48-59(50-22-7-4-8-23-50)47-60(49-63)51-24-9-5-10-25-51)71-37-21-16-31-57(71)45-62-46-58(39-41-67(62)66)72-68-34-18-13-28-53(68)42-54-29-14-19-35-69(54)72/h1-5,7-31,33-43,46-49H,6,32,44-45H2/b2-1-,11-3-,52-26-,65-64+. The molecule has 0 fully saturated rings. The van der Waals surface area contributed by atoms with Crippen molar-refractivity contribution in [3.8, 4) is 44.5 Å². The lowest BCUT2D eigenvalue weighted by Gasteiger charge is -2.30. The van der Waals surface area contributed by atoms with Crippen molar-refractivity contribution in [3.05, 3.63) is 305 Å². The van der Waals surface area contributed by atoms with Crippen molar-refractivity contribution in [2.45, 2.75) is 25.7 Å². The van der Waals surface area contributed by atoms with Gasteiger partial charge in [0.05, 0.1) is 0 Å². The lowest BCUT2D eigenvalue weighted by Crippen LogP contribution is -2.27. The fourth-order valence-corrected chi connectivity index (χ4v) is 11.5. The van der Waals surface area contributed by atoms with E-state index in [4.69, 9.17) is 0 Å². The third-order valence-corrected chi connectivity index (χ3v) is 15.0. The second kappa shape index (κ2) is 19.3. The molecule has 1 heteroatoms. The van der Waals surface area contributed by atoms with Crippen LogP contribution in [0.3, 0.4) is 0 Å². The highest BCUT2D eigenvalue weighted by molar-refractivity contribution is 6.13. The molecule has 0 saturated heterocycles. The van der Waals surface area contributed by atoms with E-state index < -0.39 is 0 Å². The Labute approximate surface area is 428 Å². The van der Waals surface area contributed by atoms with Crippen molar-refractivity contribution in [2.24, 2.45) is 0 Å². The summed E-state index contributed by atoms with van der Waals surface area (Å²) in [6.45, 7) is 0. The van der Waals surface area contributed by atoms with Crippen molar-refractivity contribution >= 4 is 50.3 Å². The first-order chi connectivity index (χ1) is 36.2. The molecule has 0 saturated carbocycles. The molecule has 0 atom stereocenters. The fraction of sp³-hybridized carbons (Fsp3) is 0.0556. The number of fused-ring (bicyclic) bond motifs is 8. The molecule has 1 heterocycles. The molecule has 2 aliphatic rings. The Bertz CT molecular complexity index is 3970. The predicted molar refractivity (Wildman–Crippen MR) is 310 cm³/mol. The van der Waals surface area contributed by atoms with Crippen LogP contribution in [-0.4, -0.2) is 0 Å². The molecule has 11 aromatic rings. The summed E-state index contributed by atoms with van der Waals surface area (Å²) in [5.74, 6) is 0. The number of rotatable bonds is 5. The normalized spacial score (nSPS) is 15.3. The minimum Gasteiger partial charge on any atom is -0.310 e. The van der Waals surface area contributed by atoms with E-state index in [9.17, 15) is 0 Å². The maximum absolute atomic E-state index is 2.56. The van der Waals surface area contributed by atoms with Gasteiger partial charge in [-0.15, -0.1) is 0 Å². The molecular formula is C72H53N. The Morgan fingerprint density at radius 2 is 0.863 bits per heavy atom. The Morgan fingerprint density at radius 3 is 1.51 bits per heavy atom. The third-order valence-electron chi connectivity index (χ3n) is 15.0.